The highest BCUT2D eigenvalue weighted by Crippen LogP contribution is 2.23. The predicted octanol–water partition coefficient (Wildman–Crippen LogP) is 3.08. The lowest BCUT2D eigenvalue weighted by Gasteiger charge is -2.20. The summed E-state index contributed by atoms with van der Waals surface area (Å²) >= 11 is 11.9. The molecule has 0 aliphatic heterocycles. The summed E-state index contributed by atoms with van der Waals surface area (Å²) in [7, 11) is 6.18. The van der Waals surface area contributed by atoms with E-state index in [4.69, 9.17) is 23.2 Å². The van der Waals surface area contributed by atoms with Gasteiger partial charge in [0.15, 0.2) is 0 Å². The van der Waals surface area contributed by atoms with Gasteiger partial charge in [0.2, 0.25) is 0 Å². The Morgan fingerprint density at radius 1 is 1.24 bits per heavy atom. The van der Waals surface area contributed by atoms with Crippen LogP contribution in [0, 0.1) is 0 Å². The topological polar surface area (TPSA) is 15.3 Å². The van der Waals surface area contributed by atoms with E-state index >= 15 is 0 Å². The van der Waals surface area contributed by atoms with Crippen molar-refractivity contribution in [2.75, 3.05) is 27.7 Å². The lowest BCUT2D eigenvalue weighted by Crippen LogP contribution is -2.36. The SMILES string of the molecule is CNC(CCc1ccc(Cl)c(Cl)c1)CN(C)C. The molecule has 96 valence electrons. The number of nitrogens with one attached hydrogen (secondary N) is 1. The summed E-state index contributed by atoms with van der Waals surface area (Å²) < 4.78 is 0. The molecular formula is C13H20Cl2N2. The molecule has 0 heterocycles. The van der Waals surface area contributed by atoms with E-state index < -0.39 is 0 Å². The highest BCUT2D eigenvalue weighted by atomic mass is 35.5. The Labute approximate surface area is 114 Å². The molecule has 0 aromatic heterocycles. The first-order valence-electron chi connectivity index (χ1n) is 5.79. The third-order valence-corrected chi connectivity index (χ3v) is 3.50. The van der Waals surface area contributed by atoms with Crippen LogP contribution in [0.15, 0.2) is 18.2 Å². The number of aryl methyl sites for hydroxylation is 1. The summed E-state index contributed by atoms with van der Waals surface area (Å²) in [5, 5.41) is 4.59. The molecule has 0 aliphatic carbocycles. The molecule has 1 aromatic carbocycles. The van der Waals surface area contributed by atoms with Crippen molar-refractivity contribution in [3.05, 3.63) is 33.8 Å². The van der Waals surface area contributed by atoms with Crippen LogP contribution in [0.2, 0.25) is 10.0 Å². The van der Waals surface area contributed by atoms with Crippen LogP contribution in [-0.4, -0.2) is 38.6 Å². The van der Waals surface area contributed by atoms with E-state index in [0.29, 0.717) is 16.1 Å². The van der Waals surface area contributed by atoms with Crippen LogP contribution in [-0.2, 0) is 6.42 Å². The highest BCUT2D eigenvalue weighted by molar-refractivity contribution is 6.42. The molecule has 1 aromatic rings. The summed E-state index contributed by atoms with van der Waals surface area (Å²) in [4.78, 5) is 2.19. The van der Waals surface area contributed by atoms with E-state index in [1.807, 2.05) is 25.2 Å². The van der Waals surface area contributed by atoms with Crippen molar-refractivity contribution in [2.45, 2.75) is 18.9 Å². The molecule has 0 bridgehead atoms. The normalized spacial score (nSPS) is 13.1. The van der Waals surface area contributed by atoms with Crippen LogP contribution in [0.4, 0.5) is 0 Å². The first-order chi connectivity index (χ1) is 8.02. The number of rotatable bonds is 6. The Hall–Kier alpha value is -0.280. The van der Waals surface area contributed by atoms with E-state index in [1.54, 1.807) is 0 Å². The van der Waals surface area contributed by atoms with Gasteiger partial charge < -0.3 is 10.2 Å². The lowest BCUT2D eigenvalue weighted by atomic mass is 10.1. The number of halogens is 2. The van der Waals surface area contributed by atoms with Gasteiger partial charge in [-0.25, -0.2) is 0 Å². The minimum atomic E-state index is 0.499. The van der Waals surface area contributed by atoms with Gasteiger partial charge in [-0.05, 0) is 51.7 Å². The molecule has 0 saturated heterocycles. The van der Waals surface area contributed by atoms with Crippen LogP contribution >= 0.6 is 23.2 Å². The summed E-state index contributed by atoms with van der Waals surface area (Å²) in [5.74, 6) is 0. The fraction of sp³-hybridized carbons (Fsp3) is 0.538. The highest BCUT2D eigenvalue weighted by Gasteiger charge is 2.08. The molecule has 0 fully saturated rings. The number of hydrogen-bond acceptors (Lipinski definition) is 2. The molecule has 2 nitrogen and oxygen atoms in total. The first kappa shape index (κ1) is 14.8. The van der Waals surface area contributed by atoms with Crippen molar-refractivity contribution >= 4 is 23.2 Å². The fourth-order valence-electron chi connectivity index (χ4n) is 1.80. The predicted molar refractivity (Wildman–Crippen MR) is 76.2 cm³/mol. The Kier molecular flexibility index (Phi) is 6.28. The number of nitrogens with zero attached hydrogens (tertiary/aromatic N) is 1. The molecule has 1 unspecified atom stereocenters. The maximum Gasteiger partial charge on any atom is 0.0595 e. The van der Waals surface area contributed by atoms with Gasteiger partial charge in [0.05, 0.1) is 10.0 Å². The third-order valence-electron chi connectivity index (χ3n) is 2.76. The summed E-state index contributed by atoms with van der Waals surface area (Å²) in [6.45, 7) is 1.04. The Bertz CT molecular complexity index is 353. The second-order valence-electron chi connectivity index (χ2n) is 4.53. The van der Waals surface area contributed by atoms with Gasteiger partial charge in [-0.3, -0.25) is 0 Å². The molecule has 0 radical (unpaired) electrons. The Morgan fingerprint density at radius 2 is 1.94 bits per heavy atom. The minimum absolute atomic E-state index is 0.499. The smallest absolute Gasteiger partial charge is 0.0595 e. The van der Waals surface area contributed by atoms with Crippen molar-refractivity contribution in [1.82, 2.24) is 10.2 Å². The van der Waals surface area contributed by atoms with Gasteiger partial charge >= 0.3 is 0 Å². The average Bonchev–Trinajstić information content (AvgIpc) is 2.28. The zero-order valence-corrected chi connectivity index (χ0v) is 12.1. The van der Waals surface area contributed by atoms with Gasteiger partial charge in [-0.1, -0.05) is 29.3 Å². The van der Waals surface area contributed by atoms with Crippen LogP contribution in [0.1, 0.15) is 12.0 Å². The second-order valence-corrected chi connectivity index (χ2v) is 5.35. The standard InChI is InChI=1S/C13H20Cl2N2/c1-16-11(9-17(2)3)6-4-10-5-7-12(14)13(15)8-10/h5,7-8,11,16H,4,6,9H2,1-3H3. The minimum Gasteiger partial charge on any atom is -0.316 e. The molecule has 17 heavy (non-hydrogen) atoms. The van der Waals surface area contributed by atoms with E-state index in [1.165, 1.54) is 5.56 Å². The fourth-order valence-corrected chi connectivity index (χ4v) is 2.12. The largest absolute Gasteiger partial charge is 0.316 e. The molecular weight excluding hydrogens is 255 g/mol. The number of hydrogen-bond donors (Lipinski definition) is 1. The first-order valence-corrected chi connectivity index (χ1v) is 6.54. The van der Waals surface area contributed by atoms with Crippen molar-refractivity contribution in [3.8, 4) is 0 Å². The number of likely N-dealkylation sites (N-methyl/N-ethyl adjacent to an activating group) is 2. The maximum atomic E-state index is 5.99. The average molecular weight is 275 g/mol. The monoisotopic (exact) mass is 274 g/mol. The summed E-state index contributed by atoms with van der Waals surface area (Å²) in [6.07, 6.45) is 2.10. The molecule has 1 atom stereocenters. The van der Waals surface area contributed by atoms with Gasteiger partial charge in [-0.15, -0.1) is 0 Å². The lowest BCUT2D eigenvalue weighted by molar-refractivity contribution is 0.337. The molecule has 0 amide bonds. The second kappa shape index (κ2) is 7.22. The van der Waals surface area contributed by atoms with E-state index in [-0.39, 0.29) is 0 Å². The Morgan fingerprint density at radius 3 is 2.47 bits per heavy atom. The van der Waals surface area contributed by atoms with E-state index in [0.717, 1.165) is 19.4 Å². The van der Waals surface area contributed by atoms with Gasteiger partial charge in [0.1, 0.15) is 0 Å². The maximum absolute atomic E-state index is 5.99. The third kappa shape index (κ3) is 5.26. The van der Waals surface area contributed by atoms with Crippen molar-refractivity contribution in [1.29, 1.82) is 0 Å². The van der Waals surface area contributed by atoms with Crippen LogP contribution in [0.5, 0.6) is 0 Å². The van der Waals surface area contributed by atoms with Crippen molar-refractivity contribution in [2.24, 2.45) is 0 Å². The quantitative estimate of drug-likeness (QED) is 0.858. The van der Waals surface area contributed by atoms with Crippen LogP contribution < -0.4 is 5.32 Å². The zero-order valence-electron chi connectivity index (χ0n) is 10.6. The molecule has 0 spiro atoms. The van der Waals surface area contributed by atoms with Crippen molar-refractivity contribution < 1.29 is 0 Å². The molecule has 4 heteroatoms. The number of benzene rings is 1. The van der Waals surface area contributed by atoms with Gasteiger partial charge in [0, 0.05) is 12.6 Å². The molecule has 1 rings (SSSR count). The molecule has 0 saturated carbocycles. The van der Waals surface area contributed by atoms with Gasteiger partial charge in [-0.2, -0.15) is 0 Å². The zero-order chi connectivity index (χ0) is 12.8. The summed E-state index contributed by atoms with van der Waals surface area (Å²) in [6, 6.07) is 6.35. The van der Waals surface area contributed by atoms with Crippen LogP contribution in [0.25, 0.3) is 0 Å². The van der Waals surface area contributed by atoms with Gasteiger partial charge in [0.25, 0.3) is 0 Å². The van der Waals surface area contributed by atoms with E-state index in [2.05, 4.69) is 24.3 Å². The Balaban J connectivity index is 2.50. The summed E-state index contributed by atoms with van der Waals surface area (Å²) in [5.41, 5.74) is 1.23. The molecule has 0 aliphatic rings. The van der Waals surface area contributed by atoms with Crippen LogP contribution in [0.3, 0.4) is 0 Å². The van der Waals surface area contributed by atoms with Crippen molar-refractivity contribution in [3.63, 3.8) is 0 Å². The molecule has 1 N–H and O–H groups in total. The van der Waals surface area contributed by atoms with E-state index in [9.17, 15) is 0 Å².